The second-order valence-corrected chi connectivity index (χ2v) is 8.49. The van der Waals surface area contributed by atoms with Crippen LogP contribution in [0.25, 0.3) is 22.3 Å². The van der Waals surface area contributed by atoms with E-state index < -0.39 is 0 Å². The van der Waals surface area contributed by atoms with Gasteiger partial charge in [-0.15, -0.1) is 0 Å². The van der Waals surface area contributed by atoms with Crippen LogP contribution in [0, 0.1) is 0 Å². The lowest BCUT2D eigenvalue weighted by Gasteiger charge is -2.11. The van der Waals surface area contributed by atoms with Crippen molar-refractivity contribution in [2.24, 2.45) is 0 Å². The number of phenolic OH excluding ortho intramolecular Hbond substituents is 1. The summed E-state index contributed by atoms with van der Waals surface area (Å²) < 4.78 is 26.4. The van der Waals surface area contributed by atoms with E-state index >= 15 is 0 Å². The van der Waals surface area contributed by atoms with E-state index in [1.54, 1.807) is 62.8 Å². The molecule has 0 saturated carbocycles. The maximum absolute atomic E-state index is 12.4. The molecule has 4 aromatic carbocycles. The number of aromatic hydroxyl groups is 1. The van der Waals surface area contributed by atoms with Crippen molar-refractivity contribution in [3.63, 3.8) is 0 Å². The number of rotatable bonds is 7. The van der Waals surface area contributed by atoms with E-state index in [0.29, 0.717) is 39.5 Å². The molecule has 0 aliphatic rings. The summed E-state index contributed by atoms with van der Waals surface area (Å²) in [7, 11) is 6.09. The molecule has 5 rings (SSSR count). The largest absolute Gasteiger partial charge is 0.507 e. The highest BCUT2D eigenvalue weighted by Gasteiger charge is 2.20. The number of ketones is 1. The summed E-state index contributed by atoms with van der Waals surface area (Å²) in [6.07, 6.45) is 0. The van der Waals surface area contributed by atoms with Gasteiger partial charge >= 0.3 is 0 Å². The molecule has 204 valence electrons. The van der Waals surface area contributed by atoms with Crippen LogP contribution >= 0.6 is 0 Å². The number of carbonyl (C=O) groups excluding carboxylic acids is 1. The number of methoxy groups -OCH3 is 4. The zero-order valence-electron chi connectivity index (χ0n) is 22.5. The van der Waals surface area contributed by atoms with Gasteiger partial charge in [-0.2, -0.15) is 0 Å². The first-order chi connectivity index (χ1) is 19.4. The number of phenols is 1. The molecule has 0 bridgehead atoms. The van der Waals surface area contributed by atoms with E-state index in [1.165, 1.54) is 26.4 Å². The van der Waals surface area contributed by atoms with E-state index in [0.717, 1.165) is 5.56 Å². The molecular weight excluding hydrogens is 512 g/mol. The zero-order valence-corrected chi connectivity index (χ0v) is 22.5. The van der Waals surface area contributed by atoms with E-state index in [2.05, 4.69) is 0 Å². The number of benzene rings is 4. The van der Waals surface area contributed by atoms with Crippen LogP contribution in [-0.2, 0) is 0 Å². The lowest BCUT2D eigenvalue weighted by molar-refractivity contribution is 0.103. The topological polar surface area (TPSA) is 104 Å². The molecule has 1 aromatic heterocycles. The number of fused-ring (bicyclic) bond motifs is 1. The fourth-order valence-electron chi connectivity index (χ4n) is 4.00. The fraction of sp³-hybridized carbons (Fsp3) is 0.125. The second-order valence-electron chi connectivity index (χ2n) is 8.49. The predicted octanol–water partition coefficient (Wildman–Crippen LogP) is 6.12. The van der Waals surface area contributed by atoms with Crippen LogP contribution in [0.1, 0.15) is 15.9 Å². The molecule has 0 aliphatic heterocycles. The molecule has 0 radical (unpaired) electrons. The SMILES string of the molecule is COc1cc(O)c(C(=O)c2ccccc2)c(OC)c1.COc1cccc(-c2cc(=O)c3ccc(OC)cc3o2)c1. The Morgan fingerprint density at radius 3 is 2.08 bits per heavy atom. The summed E-state index contributed by atoms with van der Waals surface area (Å²) in [5.74, 6) is 2.11. The summed E-state index contributed by atoms with van der Waals surface area (Å²) in [5, 5.41) is 10.5. The van der Waals surface area contributed by atoms with E-state index in [-0.39, 0.29) is 28.3 Å². The quantitative estimate of drug-likeness (QED) is 0.246. The van der Waals surface area contributed by atoms with Crippen molar-refractivity contribution in [1.29, 1.82) is 0 Å². The maximum Gasteiger partial charge on any atom is 0.200 e. The molecule has 5 aromatic rings. The van der Waals surface area contributed by atoms with Crippen LogP contribution in [0.5, 0.6) is 28.7 Å². The number of carbonyl (C=O) groups is 1. The third-order valence-corrected chi connectivity index (χ3v) is 6.06. The van der Waals surface area contributed by atoms with Crippen molar-refractivity contribution in [2.75, 3.05) is 28.4 Å². The van der Waals surface area contributed by atoms with Gasteiger partial charge in [-0.25, -0.2) is 0 Å². The summed E-state index contributed by atoms with van der Waals surface area (Å²) >= 11 is 0. The van der Waals surface area contributed by atoms with Gasteiger partial charge in [0.1, 0.15) is 45.7 Å². The number of ether oxygens (including phenoxy) is 4. The van der Waals surface area contributed by atoms with Gasteiger partial charge in [-0.1, -0.05) is 42.5 Å². The van der Waals surface area contributed by atoms with E-state index in [1.807, 2.05) is 30.3 Å². The predicted molar refractivity (Wildman–Crippen MR) is 152 cm³/mol. The first kappa shape index (κ1) is 27.8. The van der Waals surface area contributed by atoms with Gasteiger partial charge in [-0.3, -0.25) is 9.59 Å². The summed E-state index contributed by atoms with van der Waals surface area (Å²) in [4.78, 5) is 24.6. The minimum absolute atomic E-state index is 0.0864. The van der Waals surface area contributed by atoms with Crippen LogP contribution in [0.3, 0.4) is 0 Å². The number of hydrogen-bond donors (Lipinski definition) is 1. The first-order valence-electron chi connectivity index (χ1n) is 12.2. The van der Waals surface area contributed by atoms with Crippen LogP contribution in [0.2, 0.25) is 0 Å². The van der Waals surface area contributed by atoms with Gasteiger partial charge in [0.05, 0.1) is 33.8 Å². The second kappa shape index (κ2) is 12.5. The summed E-state index contributed by atoms with van der Waals surface area (Å²) in [6.45, 7) is 0. The Morgan fingerprint density at radius 1 is 0.700 bits per heavy atom. The minimum Gasteiger partial charge on any atom is -0.507 e. The molecular formula is C32H28O8. The Hall–Kier alpha value is -5.24. The minimum atomic E-state index is -0.294. The Bertz CT molecular complexity index is 1690. The average Bonchev–Trinajstić information content (AvgIpc) is 3.00. The number of hydrogen-bond acceptors (Lipinski definition) is 8. The molecule has 0 fully saturated rings. The smallest absolute Gasteiger partial charge is 0.200 e. The molecule has 1 heterocycles. The Balaban J connectivity index is 0.000000186. The molecule has 0 amide bonds. The van der Waals surface area contributed by atoms with Crippen molar-refractivity contribution < 1.29 is 33.3 Å². The zero-order chi connectivity index (χ0) is 28.6. The monoisotopic (exact) mass is 540 g/mol. The Labute approximate surface area is 230 Å². The third-order valence-electron chi connectivity index (χ3n) is 6.06. The fourth-order valence-corrected chi connectivity index (χ4v) is 4.00. The van der Waals surface area contributed by atoms with Gasteiger partial charge in [-0.05, 0) is 24.3 Å². The normalized spacial score (nSPS) is 10.3. The van der Waals surface area contributed by atoms with Crippen molar-refractivity contribution in [2.45, 2.75) is 0 Å². The molecule has 0 saturated heterocycles. The highest BCUT2D eigenvalue weighted by molar-refractivity contribution is 6.12. The van der Waals surface area contributed by atoms with E-state index in [4.69, 9.17) is 23.4 Å². The molecule has 0 atom stereocenters. The van der Waals surface area contributed by atoms with Crippen LogP contribution < -0.4 is 24.4 Å². The van der Waals surface area contributed by atoms with Crippen LogP contribution in [-0.4, -0.2) is 39.3 Å². The summed E-state index contributed by atoms with van der Waals surface area (Å²) in [6, 6.07) is 25.7. The third kappa shape index (κ3) is 6.07. The van der Waals surface area contributed by atoms with E-state index in [9.17, 15) is 14.7 Å². The van der Waals surface area contributed by atoms with Crippen molar-refractivity contribution in [3.8, 4) is 40.1 Å². The Morgan fingerprint density at radius 2 is 1.40 bits per heavy atom. The standard InChI is InChI=1S/C17H14O4.C15H14O4/c1-19-12-5-3-4-11(8-12)16-10-15(18)14-7-6-13(20-2)9-17(14)21-16;1-18-11-8-12(16)14(13(9-11)19-2)15(17)10-6-4-3-5-7-10/h3-10H,1-2H3;3-9,16H,1-2H3. The highest BCUT2D eigenvalue weighted by atomic mass is 16.5. The van der Waals surface area contributed by atoms with Crippen molar-refractivity contribution >= 4 is 16.8 Å². The molecule has 8 heteroatoms. The molecule has 0 aliphatic carbocycles. The van der Waals surface area contributed by atoms with Gasteiger partial charge in [0.2, 0.25) is 5.78 Å². The summed E-state index contributed by atoms with van der Waals surface area (Å²) in [5.41, 5.74) is 1.82. The van der Waals surface area contributed by atoms with Crippen LogP contribution in [0.15, 0.2) is 100 Å². The maximum atomic E-state index is 12.4. The molecule has 1 N–H and O–H groups in total. The van der Waals surface area contributed by atoms with Crippen molar-refractivity contribution in [1.82, 2.24) is 0 Å². The van der Waals surface area contributed by atoms with Gasteiger partial charge in [0, 0.05) is 35.4 Å². The molecule has 40 heavy (non-hydrogen) atoms. The lowest BCUT2D eigenvalue weighted by atomic mass is 10.0. The van der Waals surface area contributed by atoms with Gasteiger partial charge < -0.3 is 28.5 Å². The lowest BCUT2D eigenvalue weighted by Crippen LogP contribution is -2.04. The van der Waals surface area contributed by atoms with Gasteiger partial charge in [0.15, 0.2) is 5.43 Å². The molecule has 8 nitrogen and oxygen atoms in total. The van der Waals surface area contributed by atoms with Crippen LogP contribution in [0.4, 0.5) is 0 Å². The first-order valence-corrected chi connectivity index (χ1v) is 12.2. The molecule has 0 unspecified atom stereocenters. The average molecular weight is 541 g/mol. The van der Waals surface area contributed by atoms with Gasteiger partial charge in [0.25, 0.3) is 0 Å². The molecule has 0 spiro atoms. The highest BCUT2D eigenvalue weighted by Crippen LogP contribution is 2.35. The van der Waals surface area contributed by atoms with Crippen molar-refractivity contribution in [3.05, 3.63) is 112 Å². The Kier molecular flexibility index (Phi) is 8.71.